The van der Waals surface area contributed by atoms with Gasteiger partial charge in [-0.25, -0.2) is 0 Å². The molecule has 0 fully saturated rings. The van der Waals surface area contributed by atoms with Crippen molar-refractivity contribution >= 4 is 11.4 Å². The number of hydrogen-bond donors (Lipinski definition) is 1. The molecule has 1 aromatic heterocycles. The Morgan fingerprint density at radius 1 is 1.40 bits per heavy atom. The van der Waals surface area contributed by atoms with Crippen LogP contribution in [0.4, 0.5) is 11.4 Å². The molecule has 1 atom stereocenters. The highest BCUT2D eigenvalue weighted by Crippen LogP contribution is 2.31. The summed E-state index contributed by atoms with van der Waals surface area (Å²) in [5, 5.41) is 14.2. The number of ether oxygens (including phenoxy) is 1. The molecule has 0 aliphatic heterocycles. The molecule has 1 aromatic carbocycles. The van der Waals surface area contributed by atoms with Crippen LogP contribution in [0.5, 0.6) is 5.75 Å². The van der Waals surface area contributed by atoms with Gasteiger partial charge in [0.15, 0.2) is 0 Å². The van der Waals surface area contributed by atoms with Crippen molar-refractivity contribution < 1.29 is 9.66 Å². The molecule has 0 bridgehead atoms. The van der Waals surface area contributed by atoms with Crippen LogP contribution in [0.15, 0.2) is 42.7 Å². The lowest BCUT2D eigenvalue weighted by atomic mass is 10.1. The van der Waals surface area contributed by atoms with E-state index in [4.69, 9.17) is 4.74 Å². The van der Waals surface area contributed by atoms with Crippen molar-refractivity contribution in [3.63, 3.8) is 0 Å². The van der Waals surface area contributed by atoms with Crippen LogP contribution in [0.1, 0.15) is 18.5 Å². The second-order valence-electron chi connectivity index (χ2n) is 4.29. The van der Waals surface area contributed by atoms with Crippen LogP contribution in [-0.2, 0) is 0 Å². The van der Waals surface area contributed by atoms with Crippen LogP contribution >= 0.6 is 0 Å². The van der Waals surface area contributed by atoms with Crippen LogP contribution in [0.3, 0.4) is 0 Å². The van der Waals surface area contributed by atoms with Gasteiger partial charge in [0.05, 0.1) is 18.1 Å². The number of aromatic nitrogens is 1. The molecule has 0 saturated heterocycles. The summed E-state index contributed by atoms with van der Waals surface area (Å²) in [5.74, 6) is 0.566. The van der Waals surface area contributed by atoms with E-state index in [-0.39, 0.29) is 11.7 Å². The topological polar surface area (TPSA) is 77.3 Å². The minimum Gasteiger partial charge on any atom is -0.497 e. The minimum atomic E-state index is -0.419. The molecule has 2 aromatic rings. The molecule has 0 aliphatic carbocycles. The molecule has 0 saturated carbocycles. The molecule has 0 spiro atoms. The van der Waals surface area contributed by atoms with Crippen LogP contribution in [0.2, 0.25) is 0 Å². The zero-order valence-electron chi connectivity index (χ0n) is 11.2. The van der Waals surface area contributed by atoms with Gasteiger partial charge in [0.1, 0.15) is 11.4 Å². The van der Waals surface area contributed by atoms with Crippen molar-refractivity contribution in [1.29, 1.82) is 0 Å². The van der Waals surface area contributed by atoms with Crippen molar-refractivity contribution in [1.82, 2.24) is 4.98 Å². The number of hydrogen-bond acceptors (Lipinski definition) is 5. The number of rotatable bonds is 5. The third-order valence-corrected chi connectivity index (χ3v) is 2.96. The highest BCUT2D eigenvalue weighted by molar-refractivity contribution is 5.64. The zero-order chi connectivity index (χ0) is 14.5. The molecule has 0 amide bonds. The van der Waals surface area contributed by atoms with Gasteiger partial charge in [0.25, 0.3) is 5.69 Å². The Hall–Kier alpha value is -2.63. The lowest BCUT2D eigenvalue weighted by molar-refractivity contribution is -0.384. The number of benzene rings is 1. The molecule has 104 valence electrons. The molecule has 0 radical (unpaired) electrons. The van der Waals surface area contributed by atoms with Gasteiger partial charge in [-0.15, -0.1) is 0 Å². The first-order chi connectivity index (χ1) is 9.61. The SMILES string of the molecule is COc1ccc([N+](=O)[O-])c(NC(C)c2cccnc2)c1. The highest BCUT2D eigenvalue weighted by atomic mass is 16.6. The average molecular weight is 273 g/mol. The van der Waals surface area contributed by atoms with E-state index in [2.05, 4.69) is 10.3 Å². The van der Waals surface area contributed by atoms with Crippen LogP contribution < -0.4 is 10.1 Å². The fourth-order valence-corrected chi connectivity index (χ4v) is 1.87. The first kappa shape index (κ1) is 13.8. The van der Waals surface area contributed by atoms with Gasteiger partial charge in [-0.1, -0.05) is 6.07 Å². The smallest absolute Gasteiger partial charge is 0.292 e. The Bertz CT molecular complexity index is 602. The number of nitrogens with zero attached hydrogens (tertiary/aromatic N) is 2. The summed E-state index contributed by atoms with van der Waals surface area (Å²) >= 11 is 0. The zero-order valence-corrected chi connectivity index (χ0v) is 11.2. The maximum absolute atomic E-state index is 11.1. The maximum atomic E-state index is 11.1. The largest absolute Gasteiger partial charge is 0.497 e. The standard InChI is InChI=1S/C14H15N3O3/c1-10(11-4-3-7-15-9-11)16-13-8-12(20-2)5-6-14(13)17(18)19/h3-10,16H,1-2H3. The Morgan fingerprint density at radius 3 is 2.80 bits per heavy atom. The van der Waals surface area contributed by atoms with E-state index < -0.39 is 4.92 Å². The lowest BCUT2D eigenvalue weighted by Gasteiger charge is -2.15. The summed E-state index contributed by atoms with van der Waals surface area (Å²) < 4.78 is 5.10. The number of nitro groups is 1. The second-order valence-corrected chi connectivity index (χ2v) is 4.29. The van der Waals surface area contributed by atoms with Crippen molar-refractivity contribution in [3.8, 4) is 5.75 Å². The Kier molecular flexibility index (Phi) is 4.14. The van der Waals surface area contributed by atoms with E-state index in [1.165, 1.54) is 13.2 Å². The Morgan fingerprint density at radius 2 is 2.20 bits per heavy atom. The minimum absolute atomic E-state index is 0.0153. The van der Waals surface area contributed by atoms with E-state index in [9.17, 15) is 10.1 Å². The Balaban J connectivity index is 2.29. The van der Waals surface area contributed by atoms with Crippen molar-refractivity contribution in [3.05, 3.63) is 58.4 Å². The van der Waals surface area contributed by atoms with Gasteiger partial charge < -0.3 is 10.1 Å². The van der Waals surface area contributed by atoms with E-state index in [1.807, 2.05) is 19.1 Å². The van der Waals surface area contributed by atoms with Gasteiger partial charge in [0, 0.05) is 24.5 Å². The van der Waals surface area contributed by atoms with Gasteiger partial charge in [-0.2, -0.15) is 0 Å². The molecule has 6 nitrogen and oxygen atoms in total. The molecule has 1 unspecified atom stereocenters. The number of pyridine rings is 1. The summed E-state index contributed by atoms with van der Waals surface area (Å²) in [6.07, 6.45) is 3.41. The van der Waals surface area contributed by atoms with Crippen molar-refractivity contribution in [2.75, 3.05) is 12.4 Å². The molecule has 1 N–H and O–H groups in total. The third kappa shape index (κ3) is 3.03. The first-order valence-corrected chi connectivity index (χ1v) is 6.10. The van der Waals surface area contributed by atoms with E-state index in [0.717, 1.165) is 5.56 Å². The summed E-state index contributed by atoms with van der Waals surface area (Å²) in [7, 11) is 1.52. The number of anilines is 1. The lowest BCUT2D eigenvalue weighted by Crippen LogP contribution is -2.08. The fourth-order valence-electron chi connectivity index (χ4n) is 1.87. The highest BCUT2D eigenvalue weighted by Gasteiger charge is 2.17. The Labute approximate surface area is 116 Å². The second kappa shape index (κ2) is 6.01. The molecular weight excluding hydrogens is 258 g/mol. The third-order valence-electron chi connectivity index (χ3n) is 2.96. The van der Waals surface area contributed by atoms with E-state index in [1.54, 1.807) is 24.5 Å². The van der Waals surface area contributed by atoms with Crippen molar-refractivity contribution in [2.45, 2.75) is 13.0 Å². The molecule has 6 heteroatoms. The van der Waals surface area contributed by atoms with Crippen molar-refractivity contribution in [2.24, 2.45) is 0 Å². The van der Waals surface area contributed by atoms with Crippen LogP contribution in [-0.4, -0.2) is 17.0 Å². The van der Waals surface area contributed by atoms with E-state index >= 15 is 0 Å². The maximum Gasteiger partial charge on any atom is 0.292 e. The predicted molar refractivity (Wildman–Crippen MR) is 75.9 cm³/mol. The van der Waals surface area contributed by atoms with E-state index in [0.29, 0.717) is 11.4 Å². The van der Waals surface area contributed by atoms with Gasteiger partial charge in [-0.05, 0) is 24.6 Å². The molecular formula is C14H15N3O3. The fraction of sp³-hybridized carbons (Fsp3) is 0.214. The predicted octanol–water partition coefficient (Wildman–Crippen LogP) is 3.17. The van der Waals surface area contributed by atoms with Crippen LogP contribution in [0.25, 0.3) is 0 Å². The quantitative estimate of drug-likeness (QED) is 0.668. The summed E-state index contributed by atoms with van der Waals surface area (Å²) in [5.41, 5.74) is 1.39. The van der Waals surface area contributed by atoms with Gasteiger partial charge in [-0.3, -0.25) is 15.1 Å². The molecule has 20 heavy (non-hydrogen) atoms. The normalized spacial score (nSPS) is 11.7. The number of nitro benzene ring substituents is 1. The monoisotopic (exact) mass is 273 g/mol. The summed E-state index contributed by atoms with van der Waals surface area (Å²) in [6.45, 7) is 1.92. The molecule has 0 aliphatic rings. The molecule has 2 rings (SSSR count). The summed E-state index contributed by atoms with van der Waals surface area (Å²) in [4.78, 5) is 14.7. The van der Waals surface area contributed by atoms with Crippen LogP contribution in [0, 0.1) is 10.1 Å². The number of methoxy groups -OCH3 is 1. The summed E-state index contributed by atoms with van der Waals surface area (Å²) in [6, 6.07) is 8.25. The first-order valence-electron chi connectivity index (χ1n) is 6.10. The number of nitrogens with one attached hydrogen (secondary N) is 1. The van der Waals surface area contributed by atoms with Gasteiger partial charge >= 0.3 is 0 Å². The molecule has 1 heterocycles. The van der Waals surface area contributed by atoms with Gasteiger partial charge in [0.2, 0.25) is 0 Å². The average Bonchev–Trinajstić information content (AvgIpc) is 2.47.